The van der Waals surface area contributed by atoms with Gasteiger partial charge < -0.3 is 10.1 Å². The number of esters is 1. The van der Waals surface area contributed by atoms with E-state index >= 15 is 0 Å². The third-order valence-corrected chi connectivity index (χ3v) is 1.93. The van der Waals surface area contributed by atoms with E-state index in [0.29, 0.717) is 12.5 Å². The van der Waals surface area contributed by atoms with Crippen LogP contribution in [0.15, 0.2) is 0 Å². The number of hydrogen-bond acceptors (Lipinski definition) is 3. The van der Waals surface area contributed by atoms with Gasteiger partial charge in [0, 0.05) is 6.54 Å². The fraction of sp³-hybridized carbons (Fsp3) is 0.800. The van der Waals surface area contributed by atoms with Gasteiger partial charge in [-0.3, -0.25) is 9.59 Å². The summed E-state index contributed by atoms with van der Waals surface area (Å²) < 4.78 is 4.54. The van der Waals surface area contributed by atoms with Gasteiger partial charge >= 0.3 is 5.97 Å². The van der Waals surface area contributed by atoms with E-state index in [0.717, 1.165) is 0 Å². The highest BCUT2D eigenvalue weighted by Crippen LogP contribution is 2.16. The number of carbonyl (C=O) groups excluding carboxylic acids is 2. The molecule has 1 N–H and O–H groups in total. The van der Waals surface area contributed by atoms with Crippen LogP contribution >= 0.6 is 0 Å². The van der Waals surface area contributed by atoms with Crippen LogP contribution in [0.25, 0.3) is 0 Å². The van der Waals surface area contributed by atoms with E-state index in [1.165, 1.54) is 7.11 Å². The maximum Gasteiger partial charge on any atom is 0.320 e. The molecule has 0 aliphatic rings. The minimum absolute atomic E-state index is 0.293. The van der Waals surface area contributed by atoms with Gasteiger partial charge in [-0.2, -0.15) is 0 Å². The first-order valence-corrected chi connectivity index (χ1v) is 4.69. The van der Waals surface area contributed by atoms with Crippen LogP contribution in [0.1, 0.15) is 27.7 Å². The molecule has 0 aromatic carbocycles. The average Bonchev–Trinajstić information content (AvgIpc) is 2.12. The Kier molecular flexibility index (Phi) is 4.60. The van der Waals surface area contributed by atoms with Crippen molar-refractivity contribution in [2.75, 3.05) is 13.7 Å². The van der Waals surface area contributed by atoms with Crippen molar-refractivity contribution >= 4 is 11.9 Å². The standard InChI is InChI=1S/C10H19NO3/c1-7(2)6-11-8(12)10(3,4)9(13)14-5/h7H,6H2,1-5H3,(H,11,12). The highest BCUT2D eigenvalue weighted by molar-refractivity contribution is 6.01. The Balaban J connectivity index is 4.29. The van der Waals surface area contributed by atoms with Crippen molar-refractivity contribution in [3.63, 3.8) is 0 Å². The second-order valence-corrected chi connectivity index (χ2v) is 4.22. The first kappa shape index (κ1) is 12.9. The molecule has 0 aromatic heterocycles. The Morgan fingerprint density at radius 3 is 2.21 bits per heavy atom. The lowest BCUT2D eigenvalue weighted by atomic mass is 9.92. The van der Waals surface area contributed by atoms with Gasteiger partial charge in [0.15, 0.2) is 0 Å². The number of hydrogen-bond donors (Lipinski definition) is 1. The van der Waals surface area contributed by atoms with Crippen molar-refractivity contribution in [1.82, 2.24) is 5.32 Å². The van der Waals surface area contributed by atoms with Crippen LogP contribution in [0.5, 0.6) is 0 Å². The van der Waals surface area contributed by atoms with E-state index < -0.39 is 11.4 Å². The van der Waals surface area contributed by atoms with E-state index in [-0.39, 0.29) is 5.91 Å². The van der Waals surface area contributed by atoms with Crippen LogP contribution in [0.3, 0.4) is 0 Å². The maximum atomic E-state index is 11.6. The zero-order valence-electron chi connectivity index (χ0n) is 9.51. The topological polar surface area (TPSA) is 55.4 Å². The molecular formula is C10H19NO3. The maximum absolute atomic E-state index is 11.6. The van der Waals surface area contributed by atoms with Gasteiger partial charge in [-0.25, -0.2) is 0 Å². The quantitative estimate of drug-likeness (QED) is 0.544. The molecule has 14 heavy (non-hydrogen) atoms. The number of nitrogens with one attached hydrogen (secondary N) is 1. The fourth-order valence-corrected chi connectivity index (χ4v) is 0.866. The predicted octanol–water partition coefficient (Wildman–Crippen LogP) is 0.958. The zero-order valence-corrected chi connectivity index (χ0v) is 9.51. The van der Waals surface area contributed by atoms with Crippen molar-refractivity contribution in [2.24, 2.45) is 11.3 Å². The van der Waals surface area contributed by atoms with Gasteiger partial charge in [0.2, 0.25) is 5.91 Å². The number of methoxy groups -OCH3 is 1. The summed E-state index contributed by atoms with van der Waals surface area (Å²) in [5.74, 6) is -0.441. The van der Waals surface area contributed by atoms with Crippen LogP contribution in [0, 0.1) is 11.3 Å². The van der Waals surface area contributed by atoms with E-state index in [1.807, 2.05) is 13.8 Å². The van der Waals surface area contributed by atoms with Gasteiger partial charge in [0.25, 0.3) is 0 Å². The Bertz CT molecular complexity index is 221. The van der Waals surface area contributed by atoms with Crippen molar-refractivity contribution in [1.29, 1.82) is 0 Å². The molecule has 0 rings (SSSR count). The second kappa shape index (κ2) is 4.98. The van der Waals surface area contributed by atoms with E-state index in [1.54, 1.807) is 13.8 Å². The molecule has 4 nitrogen and oxygen atoms in total. The molecule has 0 aliphatic heterocycles. The summed E-state index contributed by atoms with van der Waals surface area (Å²) in [5.41, 5.74) is -1.11. The molecule has 0 bridgehead atoms. The molecule has 4 heteroatoms. The normalized spacial score (nSPS) is 11.3. The van der Waals surface area contributed by atoms with Crippen molar-refractivity contribution in [3.8, 4) is 0 Å². The summed E-state index contributed by atoms with van der Waals surface area (Å²) in [7, 11) is 1.28. The first-order chi connectivity index (χ1) is 6.32. The molecule has 0 saturated carbocycles. The van der Waals surface area contributed by atoms with Crippen molar-refractivity contribution in [2.45, 2.75) is 27.7 Å². The number of ether oxygens (including phenoxy) is 1. The molecule has 0 atom stereocenters. The number of carbonyl (C=O) groups is 2. The molecule has 0 spiro atoms. The highest BCUT2D eigenvalue weighted by Gasteiger charge is 2.36. The van der Waals surface area contributed by atoms with E-state index in [9.17, 15) is 9.59 Å². The van der Waals surface area contributed by atoms with Gasteiger partial charge in [-0.15, -0.1) is 0 Å². The summed E-state index contributed by atoms with van der Waals surface area (Å²) in [6.45, 7) is 7.65. The summed E-state index contributed by atoms with van der Waals surface area (Å²) in [5, 5.41) is 2.70. The Morgan fingerprint density at radius 1 is 1.36 bits per heavy atom. The monoisotopic (exact) mass is 201 g/mol. The largest absolute Gasteiger partial charge is 0.468 e. The van der Waals surface area contributed by atoms with Gasteiger partial charge in [-0.1, -0.05) is 13.8 Å². The lowest BCUT2D eigenvalue weighted by Gasteiger charge is -2.21. The molecule has 1 amide bonds. The molecule has 0 unspecified atom stereocenters. The predicted molar refractivity (Wildman–Crippen MR) is 53.6 cm³/mol. The van der Waals surface area contributed by atoms with E-state index in [4.69, 9.17) is 0 Å². The lowest BCUT2D eigenvalue weighted by molar-refractivity contribution is -0.156. The average molecular weight is 201 g/mol. The smallest absolute Gasteiger partial charge is 0.320 e. The third kappa shape index (κ3) is 3.36. The summed E-state index contributed by atoms with van der Waals surface area (Å²) in [4.78, 5) is 22.8. The molecule has 0 radical (unpaired) electrons. The van der Waals surface area contributed by atoms with Gasteiger partial charge in [0.1, 0.15) is 5.41 Å². The lowest BCUT2D eigenvalue weighted by Crippen LogP contribution is -2.44. The number of rotatable bonds is 4. The van der Waals surface area contributed by atoms with Crippen molar-refractivity contribution < 1.29 is 14.3 Å². The van der Waals surface area contributed by atoms with Crippen LogP contribution in [0.2, 0.25) is 0 Å². The Labute approximate surface area is 85.0 Å². The van der Waals surface area contributed by atoms with Crippen LogP contribution in [-0.2, 0) is 14.3 Å². The minimum atomic E-state index is -1.11. The van der Waals surface area contributed by atoms with Crippen LogP contribution in [0.4, 0.5) is 0 Å². The summed E-state index contributed by atoms with van der Waals surface area (Å²) in [6, 6.07) is 0. The second-order valence-electron chi connectivity index (χ2n) is 4.22. The van der Waals surface area contributed by atoms with Gasteiger partial charge in [-0.05, 0) is 19.8 Å². The SMILES string of the molecule is COC(=O)C(C)(C)C(=O)NCC(C)C. The first-order valence-electron chi connectivity index (χ1n) is 4.69. The molecule has 0 aromatic rings. The molecule has 0 aliphatic carbocycles. The third-order valence-electron chi connectivity index (χ3n) is 1.93. The molecule has 0 heterocycles. The molecule has 82 valence electrons. The highest BCUT2D eigenvalue weighted by atomic mass is 16.5. The van der Waals surface area contributed by atoms with Crippen molar-refractivity contribution in [3.05, 3.63) is 0 Å². The molecule has 0 fully saturated rings. The molecule has 0 saturated heterocycles. The van der Waals surface area contributed by atoms with E-state index in [2.05, 4.69) is 10.1 Å². The molecular weight excluding hydrogens is 182 g/mol. The fourth-order valence-electron chi connectivity index (χ4n) is 0.866. The minimum Gasteiger partial charge on any atom is -0.468 e. The summed E-state index contributed by atoms with van der Waals surface area (Å²) >= 11 is 0. The summed E-state index contributed by atoms with van der Waals surface area (Å²) in [6.07, 6.45) is 0. The van der Waals surface area contributed by atoms with Crippen LogP contribution in [-0.4, -0.2) is 25.5 Å². The zero-order chi connectivity index (χ0) is 11.4. The van der Waals surface area contributed by atoms with Crippen LogP contribution < -0.4 is 5.32 Å². The van der Waals surface area contributed by atoms with Gasteiger partial charge in [0.05, 0.1) is 7.11 Å². The Morgan fingerprint density at radius 2 is 1.86 bits per heavy atom. The number of amides is 1. The Hall–Kier alpha value is -1.06.